The number of nitrogens with one attached hydrogen (secondary N) is 2. The highest BCUT2D eigenvalue weighted by molar-refractivity contribution is 7.91. The number of anilines is 1. The van der Waals surface area contributed by atoms with Crippen molar-refractivity contribution < 1.29 is 35.7 Å². The number of carbonyl (C=O) groups is 1. The van der Waals surface area contributed by atoms with Crippen molar-refractivity contribution in [1.29, 1.82) is 10.0 Å². The molecule has 0 radical (unpaired) electrons. The highest BCUT2D eigenvalue weighted by Crippen LogP contribution is 2.45. The Morgan fingerprint density at radius 1 is 1.18 bits per heavy atom. The molecule has 1 saturated carbocycles. The minimum absolute atomic E-state index is 0.000996. The molecule has 1 aliphatic carbocycles. The molecule has 1 aliphatic rings. The van der Waals surface area contributed by atoms with Gasteiger partial charge in [0, 0.05) is 22.4 Å². The number of carbonyl (C=O) groups excluding carboxylic acids is 1. The van der Waals surface area contributed by atoms with Crippen LogP contribution in [0.25, 0.3) is 0 Å². The van der Waals surface area contributed by atoms with Crippen molar-refractivity contribution in [2.24, 2.45) is 0 Å². The number of amides is 1. The molecule has 204 valence electrons. The van der Waals surface area contributed by atoms with Gasteiger partial charge >= 0.3 is 6.18 Å². The summed E-state index contributed by atoms with van der Waals surface area (Å²) in [6.45, 7) is 0.936. The Morgan fingerprint density at radius 3 is 2.44 bits per heavy atom. The summed E-state index contributed by atoms with van der Waals surface area (Å²) < 4.78 is 95.6. The van der Waals surface area contributed by atoms with E-state index in [2.05, 4.69) is 15.5 Å². The largest absolute Gasteiger partial charge is 0.435 e. The molecule has 1 amide bonds. The van der Waals surface area contributed by atoms with Gasteiger partial charge in [-0.05, 0) is 56.0 Å². The van der Waals surface area contributed by atoms with E-state index >= 15 is 0 Å². The Kier molecular flexibility index (Phi) is 7.07. The Hall–Kier alpha value is -4.12. The van der Waals surface area contributed by atoms with Crippen LogP contribution in [-0.2, 0) is 21.3 Å². The molecular formula is C25H20F5N5O3S. The lowest BCUT2D eigenvalue weighted by molar-refractivity contribution is -0.142. The average Bonchev–Trinajstić information content (AvgIpc) is 2.81. The van der Waals surface area contributed by atoms with Crippen LogP contribution in [0.1, 0.15) is 46.4 Å². The van der Waals surface area contributed by atoms with Crippen molar-refractivity contribution in [1.82, 2.24) is 10.2 Å². The fourth-order valence-electron chi connectivity index (χ4n) is 4.17. The van der Waals surface area contributed by atoms with E-state index in [0.29, 0.717) is 19.3 Å². The van der Waals surface area contributed by atoms with Crippen molar-refractivity contribution in [3.8, 4) is 17.7 Å². The maximum absolute atomic E-state index is 15.0. The first-order valence-corrected chi connectivity index (χ1v) is 13.3. The molecule has 2 aromatic carbocycles. The first-order valence-electron chi connectivity index (χ1n) is 11.4. The number of ether oxygens (including phenoxy) is 1. The van der Waals surface area contributed by atoms with E-state index in [1.165, 1.54) is 24.3 Å². The van der Waals surface area contributed by atoms with Gasteiger partial charge in [-0.1, -0.05) is 12.1 Å². The van der Waals surface area contributed by atoms with Gasteiger partial charge in [-0.3, -0.25) is 4.79 Å². The lowest BCUT2D eigenvalue weighted by Crippen LogP contribution is -2.33. The van der Waals surface area contributed by atoms with Crippen molar-refractivity contribution in [3.05, 3.63) is 70.4 Å². The molecule has 1 aromatic heterocycles. The zero-order chi connectivity index (χ0) is 28.8. The molecule has 2 N–H and O–H groups in total. The minimum atomic E-state index is -5.00. The van der Waals surface area contributed by atoms with Crippen LogP contribution in [0.2, 0.25) is 0 Å². The summed E-state index contributed by atoms with van der Waals surface area (Å²) in [6, 6.07) is 9.46. The maximum Gasteiger partial charge on any atom is 0.435 e. The Labute approximate surface area is 219 Å². The van der Waals surface area contributed by atoms with E-state index in [0.717, 1.165) is 25.3 Å². The van der Waals surface area contributed by atoms with E-state index in [1.54, 1.807) is 0 Å². The molecule has 0 spiro atoms. The zero-order valence-corrected chi connectivity index (χ0v) is 21.3. The van der Waals surface area contributed by atoms with Crippen molar-refractivity contribution >= 4 is 21.3 Å². The second-order valence-corrected chi connectivity index (χ2v) is 11.2. The van der Waals surface area contributed by atoms with Crippen LogP contribution in [0.15, 0.2) is 41.3 Å². The van der Waals surface area contributed by atoms with E-state index in [4.69, 9.17) is 9.52 Å². The maximum atomic E-state index is 15.0. The SMILES string of the molecule is Cc1c(C(F)(F)F)nnc(Oc2ccc(C3(C#N)CCC3)c(F)c2F)c1C(=O)Nc1cccc(S(C)(=N)=O)c1. The monoisotopic (exact) mass is 565 g/mol. The van der Waals surface area contributed by atoms with Gasteiger partial charge in [0.1, 0.15) is 5.56 Å². The number of hydrogen-bond donors (Lipinski definition) is 2. The number of alkyl halides is 3. The van der Waals surface area contributed by atoms with Crippen LogP contribution < -0.4 is 10.1 Å². The number of benzene rings is 2. The molecule has 1 atom stereocenters. The summed E-state index contributed by atoms with van der Waals surface area (Å²) in [6.07, 6.45) is -2.53. The average molecular weight is 566 g/mol. The predicted octanol–water partition coefficient (Wildman–Crippen LogP) is 6.11. The van der Waals surface area contributed by atoms with Crippen LogP contribution >= 0.6 is 0 Å². The van der Waals surface area contributed by atoms with Crippen LogP contribution in [-0.4, -0.2) is 26.6 Å². The summed E-state index contributed by atoms with van der Waals surface area (Å²) >= 11 is 0. The lowest BCUT2D eigenvalue weighted by Gasteiger charge is -2.35. The molecule has 1 heterocycles. The van der Waals surface area contributed by atoms with Gasteiger partial charge in [-0.15, -0.1) is 10.2 Å². The summed E-state index contributed by atoms with van der Waals surface area (Å²) in [5, 5.41) is 18.2. The van der Waals surface area contributed by atoms with Crippen LogP contribution in [0.3, 0.4) is 0 Å². The summed E-state index contributed by atoms with van der Waals surface area (Å²) in [5.41, 5.74) is -4.32. The van der Waals surface area contributed by atoms with Gasteiger partial charge in [-0.25, -0.2) is 13.4 Å². The molecular weight excluding hydrogens is 545 g/mol. The molecule has 39 heavy (non-hydrogen) atoms. The number of rotatable bonds is 6. The van der Waals surface area contributed by atoms with Crippen LogP contribution in [0.5, 0.6) is 11.6 Å². The molecule has 0 aliphatic heterocycles. The normalized spacial score (nSPS) is 15.9. The molecule has 1 fully saturated rings. The molecule has 3 aromatic rings. The van der Waals surface area contributed by atoms with Gasteiger partial charge in [0.05, 0.1) is 21.2 Å². The highest BCUT2D eigenvalue weighted by Gasteiger charge is 2.42. The van der Waals surface area contributed by atoms with Crippen molar-refractivity contribution in [2.45, 2.75) is 42.7 Å². The fraction of sp³-hybridized carbons (Fsp3) is 0.280. The zero-order valence-electron chi connectivity index (χ0n) is 20.4. The van der Waals surface area contributed by atoms with Crippen LogP contribution in [0, 0.1) is 34.7 Å². The third-order valence-electron chi connectivity index (χ3n) is 6.41. The van der Waals surface area contributed by atoms with E-state index in [-0.39, 0.29) is 16.1 Å². The molecule has 1 unspecified atom stereocenters. The van der Waals surface area contributed by atoms with Crippen molar-refractivity contribution in [2.75, 3.05) is 11.6 Å². The Morgan fingerprint density at radius 2 is 1.87 bits per heavy atom. The third-order valence-corrected chi connectivity index (χ3v) is 7.57. The molecule has 14 heteroatoms. The minimum Gasteiger partial charge on any atom is -0.434 e. The van der Waals surface area contributed by atoms with Gasteiger partial charge in [0.25, 0.3) is 11.8 Å². The van der Waals surface area contributed by atoms with E-state index in [9.17, 15) is 36.2 Å². The Balaban J connectivity index is 1.76. The highest BCUT2D eigenvalue weighted by atomic mass is 32.2. The van der Waals surface area contributed by atoms with Crippen molar-refractivity contribution in [3.63, 3.8) is 0 Å². The molecule has 4 rings (SSSR count). The third kappa shape index (κ3) is 5.26. The molecule has 0 bridgehead atoms. The smallest absolute Gasteiger partial charge is 0.434 e. The number of halogens is 5. The summed E-state index contributed by atoms with van der Waals surface area (Å²) in [7, 11) is -3.18. The first kappa shape index (κ1) is 27.9. The van der Waals surface area contributed by atoms with Gasteiger partial charge < -0.3 is 10.1 Å². The number of nitrogens with zero attached hydrogens (tertiary/aromatic N) is 3. The van der Waals surface area contributed by atoms with E-state index in [1.807, 2.05) is 6.07 Å². The fourth-order valence-corrected chi connectivity index (χ4v) is 4.86. The quantitative estimate of drug-likeness (QED) is 0.347. The van der Waals surface area contributed by atoms with Gasteiger partial charge in [-0.2, -0.15) is 22.8 Å². The second kappa shape index (κ2) is 9.88. The van der Waals surface area contributed by atoms with Crippen LogP contribution in [0.4, 0.5) is 27.6 Å². The number of aromatic nitrogens is 2. The predicted molar refractivity (Wildman–Crippen MR) is 129 cm³/mol. The standard InChI is InChI=1S/C25H20F5N5O3S/c1-13-18(22(36)33-14-5-3-6-15(11-14)39(2,32)37)23(35-34-21(13)25(28,29)30)38-17-8-7-16(19(26)20(17)27)24(12-31)9-4-10-24/h3,5-8,11,32H,4,9-10H2,1-2H3,(H,33,36). The Bertz CT molecular complexity index is 1630. The summed E-state index contributed by atoms with van der Waals surface area (Å²) in [4.78, 5) is 13.2. The van der Waals surface area contributed by atoms with Gasteiger partial charge in [0.15, 0.2) is 17.3 Å². The van der Waals surface area contributed by atoms with E-state index < -0.39 is 67.3 Å². The number of nitriles is 1. The molecule has 8 nitrogen and oxygen atoms in total. The second-order valence-electron chi connectivity index (χ2n) is 9.07. The molecule has 0 saturated heterocycles. The summed E-state index contributed by atoms with van der Waals surface area (Å²) in [5.74, 6) is -5.65. The van der Waals surface area contributed by atoms with Gasteiger partial charge in [0.2, 0.25) is 5.82 Å². The number of hydrogen-bond acceptors (Lipinski definition) is 7. The first-order chi connectivity index (χ1) is 18.2. The lowest BCUT2D eigenvalue weighted by atomic mass is 9.65. The topological polar surface area (TPSA) is 129 Å².